The maximum Gasteiger partial charge on any atom is 1.00 e. The molecule has 0 spiro atoms. The first-order chi connectivity index (χ1) is 22.1. The number of benzene rings is 2. The molecule has 3 aliphatic heterocycles. The zero-order chi connectivity index (χ0) is 34.7. The van der Waals surface area contributed by atoms with Crippen LogP contribution in [0.3, 0.4) is 0 Å². The molecule has 2 aromatic rings. The largest absolute Gasteiger partial charge is 1.00 e. The molecule has 0 aliphatic carbocycles. The molecule has 2 aromatic carbocycles. The van der Waals surface area contributed by atoms with Crippen LogP contribution in [-0.2, 0) is 14.3 Å². The number of ether oxygens (including phenoxy) is 4. The van der Waals surface area contributed by atoms with Crippen LogP contribution >= 0.6 is 23.2 Å². The van der Waals surface area contributed by atoms with Crippen LogP contribution in [0.4, 0.5) is 0 Å². The Morgan fingerprint density at radius 1 is 0.816 bits per heavy atom. The van der Waals surface area contributed by atoms with Crippen molar-refractivity contribution in [2.75, 3.05) is 53.1 Å². The summed E-state index contributed by atoms with van der Waals surface area (Å²) < 4.78 is 22.2. The summed E-state index contributed by atoms with van der Waals surface area (Å²) in [5.74, 6) is 1.42. The number of methoxy groups -OCH3 is 1. The van der Waals surface area contributed by atoms with E-state index >= 15 is 0 Å². The molecule has 49 heavy (non-hydrogen) atoms. The maximum atomic E-state index is 12.0. The summed E-state index contributed by atoms with van der Waals surface area (Å²) in [6.07, 6.45) is 6.58. The number of nitrogens with zero attached hydrogens (tertiary/aromatic N) is 2. The van der Waals surface area contributed by atoms with Crippen molar-refractivity contribution < 1.29 is 49.1 Å². The number of hydrogen-bond acceptors (Lipinski definition) is 8. The molecule has 3 fully saturated rings. The molecule has 0 saturated carbocycles. The first kappa shape index (κ1) is 45.6. The standard InChI is InChI=1S/C17H24ClNO3.C16H24ClNO2.C4H8O.B.Li.H/c1-16(2,15(20)21-4)19-11-5-10-17(3,12-19)22-14-8-6-13(18)7-9-14;1-15(2,12-19)18-10-4-9-16(3,11-18)20-14-7-5-13(17)6-8-14;1-2-4-5-3-1;;;/h6-9H,5,10-12H2,1-4H3;5-8,19H,4,9-12H2,1-3H3;1-4H2;;;/q;;;;+1;-1. The molecule has 3 radical (unpaired) electrons. The summed E-state index contributed by atoms with van der Waals surface area (Å²) in [6, 6.07) is 14.9. The van der Waals surface area contributed by atoms with Gasteiger partial charge in [0.1, 0.15) is 28.2 Å². The van der Waals surface area contributed by atoms with Crippen molar-refractivity contribution in [2.24, 2.45) is 0 Å². The molecule has 12 heteroatoms. The van der Waals surface area contributed by atoms with Crippen molar-refractivity contribution in [1.82, 2.24) is 9.80 Å². The third-order valence-corrected chi connectivity index (χ3v) is 9.72. The number of aliphatic hydroxyl groups excluding tert-OH is 1. The van der Waals surface area contributed by atoms with Gasteiger partial charge in [0, 0.05) is 50.3 Å². The number of likely N-dealkylation sites (tertiary alicyclic amines) is 2. The topological polar surface area (TPSA) is 80.7 Å². The van der Waals surface area contributed by atoms with Crippen LogP contribution in [0.25, 0.3) is 0 Å². The number of aliphatic hydroxyl groups is 1. The quantitative estimate of drug-likeness (QED) is 0.319. The summed E-state index contributed by atoms with van der Waals surface area (Å²) in [5, 5.41) is 10.9. The number of hydrogen-bond donors (Lipinski definition) is 1. The van der Waals surface area contributed by atoms with E-state index < -0.39 is 5.54 Å². The first-order valence-corrected chi connectivity index (χ1v) is 17.5. The van der Waals surface area contributed by atoms with E-state index in [1.54, 1.807) is 0 Å². The normalized spacial score (nSPS) is 22.9. The van der Waals surface area contributed by atoms with E-state index in [1.165, 1.54) is 20.0 Å². The molecule has 0 amide bonds. The second kappa shape index (κ2) is 20.6. The fraction of sp³-hybridized carbons (Fsp3) is 0.649. The summed E-state index contributed by atoms with van der Waals surface area (Å²) in [6.45, 7) is 17.7. The molecule has 2 unspecified atom stereocenters. The van der Waals surface area contributed by atoms with Gasteiger partial charge in [0.05, 0.1) is 13.7 Å². The van der Waals surface area contributed by atoms with Gasteiger partial charge in [0.25, 0.3) is 0 Å². The fourth-order valence-electron chi connectivity index (χ4n) is 6.14. The number of esters is 1. The Morgan fingerprint density at radius 3 is 1.59 bits per heavy atom. The summed E-state index contributed by atoms with van der Waals surface area (Å²) in [7, 11) is 1.43. The number of rotatable bonds is 8. The van der Waals surface area contributed by atoms with Gasteiger partial charge < -0.3 is 25.5 Å². The fourth-order valence-corrected chi connectivity index (χ4v) is 6.39. The molecule has 3 aliphatic rings. The zero-order valence-electron chi connectivity index (χ0n) is 32.0. The molecule has 5 rings (SSSR count). The van der Waals surface area contributed by atoms with E-state index in [-0.39, 0.29) is 58.0 Å². The van der Waals surface area contributed by atoms with Gasteiger partial charge in [-0.05, 0) is 142 Å². The second-order valence-electron chi connectivity index (χ2n) is 14.4. The van der Waals surface area contributed by atoms with E-state index in [2.05, 4.69) is 37.5 Å². The minimum atomic E-state index is -0.653. The van der Waals surface area contributed by atoms with Crippen molar-refractivity contribution in [1.29, 1.82) is 0 Å². The molecule has 8 nitrogen and oxygen atoms in total. The minimum absolute atomic E-state index is 0. The van der Waals surface area contributed by atoms with Gasteiger partial charge in [0.2, 0.25) is 0 Å². The van der Waals surface area contributed by atoms with Crippen molar-refractivity contribution in [3.05, 3.63) is 58.6 Å². The molecule has 269 valence electrons. The monoisotopic (exact) mass is 713 g/mol. The number of halogens is 2. The maximum absolute atomic E-state index is 12.0. The van der Waals surface area contributed by atoms with Crippen molar-refractivity contribution >= 4 is 37.6 Å². The van der Waals surface area contributed by atoms with Crippen LogP contribution < -0.4 is 28.3 Å². The van der Waals surface area contributed by atoms with E-state index in [9.17, 15) is 9.90 Å². The number of piperidine rings is 2. The second-order valence-corrected chi connectivity index (χ2v) is 15.3. The van der Waals surface area contributed by atoms with E-state index in [0.29, 0.717) is 16.6 Å². The van der Waals surface area contributed by atoms with E-state index in [0.717, 1.165) is 70.0 Å². The molecule has 2 atom stereocenters. The Kier molecular flexibility index (Phi) is 19.2. The van der Waals surface area contributed by atoms with E-state index in [1.807, 2.05) is 62.4 Å². The predicted octanol–water partition coefficient (Wildman–Crippen LogP) is 4.40. The molecule has 3 heterocycles. The molecule has 3 saturated heterocycles. The Bertz CT molecular complexity index is 1250. The Balaban J connectivity index is 0.000000800. The average molecular weight is 715 g/mol. The Hall–Kier alpha value is -1.41. The first-order valence-electron chi connectivity index (χ1n) is 16.8. The molecule has 0 bridgehead atoms. The van der Waals surface area contributed by atoms with Crippen LogP contribution in [0.1, 0.15) is 81.5 Å². The molecular formula is C37H57BCl2LiN2O6. The predicted molar refractivity (Wildman–Crippen MR) is 197 cm³/mol. The van der Waals surface area contributed by atoms with Crippen LogP contribution in [0.5, 0.6) is 11.5 Å². The summed E-state index contributed by atoms with van der Waals surface area (Å²) >= 11 is 11.8. The third-order valence-electron chi connectivity index (χ3n) is 9.22. The molecule has 0 aromatic heterocycles. The van der Waals surface area contributed by atoms with Crippen LogP contribution in [0.15, 0.2) is 48.5 Å². The van der Waals surface area contributed by atoms with Gasteiger partial charge in [-0.15, -0.1) is 0 Å². The minimum Gasteiger partial charge on any atom is -1.00 e. The van der Waals surface area contributed by atoms with Gasteiger partial charge in [-0.1, -0.05) is 23.2 Å². The number of carbonyl (C=O) groups excluding carboxylic acids is 1. The van der Waals surface area contributed by atoms with E-state index in [4.69, 9.17) is 42.1 Å². The smallest absolute Gasteiger partial charge is 1.00 e. The third kappa shape index (κ3) is 14.3. The van der Waals surface area contributed by atoms with Crippen LogP contribution in [0, 0.1) is 0 Å². The van der Waals surface area contributed by atoms with Gasteiger partial charge >= 0.3 is 24.8 Å². The SMILES string of the molecule is C1CCOC1.CC1(Oc2ccc(Cl)cc2)CCCN(C(C)(C)CO)C1.COC(=O)C(C)(C)N1CCCC(C)(Oc2ccc(Cl)cc2)C1.[B].[H-].[Li+]. The van der Waals surface area contributed by atoms with Crippen molar-refractivity contribution in [2.45, 2.75) is 102 Å². The van der Waals surface area contributed by atoms with Gasteiger partial charge in [-0.25, -0.2) is 0 Å². The molecular weight excluding hydrogens is 657 g/mol. The summed E-state index contributed by atoms with van der Waals surface area (Å²) in [4.78, 5) is 16.5. The van der Waals surface area contributed by atoms with Gasteiger partial charge in [-0.3, -0.25) is 14.6 Å². The molecule has 1 N–H and O–H groups in total. The van der Waals surface area contributed by atoms with Gasteiger partial charge in [-0.2, -0.15) is 0 Å². The Labute approximate surface area is 320 Å². The number of carbonyl (C=O) groups is 1. The van der Waals surface area contributed by atoms with Crippen molar-refractivity contribution in [3.8, 4) is 11.5 Å². The average Bonchev–Trinajstić information content (AvgIpc) is 3.64. The Morgan fingerprint density at radius 2 is 1.22 bits per heavy atom. The van der Waals surface area contributed by atoms with Crippen LogP contribution in [-0.4, -0.2) is 105 Å². The zero-order valence-corrected chi connectivity index (χ0v) is 32.5. The van der Waals surface area contributed by atoms with Crippen LogP contribution in [0.2, 0.25) is 10.0 Å². The summed E-state index contributed by atoms with van der Waals surface area (Å²) in [5.41, 5.74) is -1.42. The van der Waals surface area contributed by atoms with Gasteiger partial charge in [0.15, 0.2) is 0 Å². The van der Waals surface area contributed by atoms with Crippen molar-refractivity contribution in [3.63, 3.8) is 0 Å².